The minimum Gasteiger partial charge on any atom is -0.360 e. The SMILES string of the molecule is CCC(=[N+]=[N-])S(=O)(=O)c1cccc(CC)c1CC. The van der Waals surface area contributed by atoms with E-state index in [4.69, 9.17) is 5.53 Å². The molecule has 18 heavy (non-hydrogen) atoms. The Hall–Kier alpha value is -1.45. The zero-order valence-electron chi connectivity index (χ0n) is 11.0. The number of benzene rings is 1. The highest BCUT2D eigenvalue weighted by Gasteiger charge is 2.30. The number of sulfone groups is 1. The molecule has 98 valence electrons. The van der Waals surface area contributed by atoms with Crippen LogP contribution in [0, 0.1) is 0 Å². The lowest BCUT2D eigenvalue weighted by molar-refractivity contribution is -0.00294. The first kappa shape index (κ1) is 14.6. The molecule has 0 N–H and O–H groups in total. The molecular formula is C13H18N2O2S. The Morgan fingerprint density at radius 3 is 2.33 bits per heavy atom. The number of nitrogens with zero attached hydrogens (tertiary/aromatic N) is 2. The van der Waals surface area contributed by atoms with Gasteiger partial charge >= 0.3 is 5.04 Å². The van der Waals surface area contributed by atoms with Gasteiger partial charge in [-0.2, -0.15) is 4.79 Å². The van der Waals surface area contributed by atoms with E-state index >= 15 is 0 Å². The van der Waals surface area contributed by atoms with Gasteiger partial charge in [-0.25, -0.2) is 8.42 Å². The molecule has 0 saturated heterocycles. The van der Waals surface area contributed by atoms with Gasteiger partial charge in [-0.1, -0.05) is 32.9 Å². The zero-order valence-corrected chi connectivity index (χ0v) is 11.8. The molecule has 0 unspecified atom stereocenters. The Morgan fingerprint density at radius 1 is 1.22 bits per heavy atom. The predicted molar refractivity (Wildman–Crippen MR) is 71.3 cm³/mol. The summed E-state index contributed by atoms with van der Waals surface area (Å²) >= 11 is 0. The maximum Gasteiger partial charge on any atom is 0.385 e. The van der Waals surface area contributed by atoms with E-state index in [0.29, 0.717) is 6.42 Å². The highest BCUT2D eigenvalue weighted by atomic mass is 32.2. The third-order valence-electron chi connectivity index (χ3n) is 2.98. The van der Waals surface area contributed by atoms with Crippen molar-refractivity contribution in [3.8, 4) is 0 Å². The Bertz CT molecular complexity index is 585. The van der Waals surface area contributed by atoms with Gasteiger partial charge in [0.05, 0.1) is 11.3 Å². The molecule has 0 bridgehead atoms. The van der Waals surface area contributed by atoms with E-state index in [1.807, 2.05) is 19.9 Å². The maximum atomic E-state index is 12.4. The van der Waals surface area contributed by atoms with Gasteiger partial charge in [-0.3, -0.25) is 0 Å². The number of hydrogen-bond donors (Lipinski definition) is 0. The number of aryl methyl sites for hydroxylation is 1. The Labute approximate surface area is 108 Å². The highest BCUT2D eigenvalue weighted by Crippen LogP contribution is 2.23. The summed E-state index contributed by atoms with van der Waals surface area (Å²) in [7, 11) is -3.68. The van der Waals surface area contributed by atoms with E-state index in [1.165, 1.54) is 0 Å². The largest absolute Gasteiger partial charge is 0.385 e. The summed E-state index contributed by atoms with van der Waals surface area (Å²) in [5.41, 5.74) is 10.7. The van der Waals surface area contributed by atoms with Crippen LogP contribution in [0.2, 0.25) is 0 Å². The molecular weight excluding hydrogens is 248 g/mol. The number of rotatable bonds is 4. The van der Waals surface area contributed by atoms with E-state index in [2.05, 4.69) is 4.79 Å². The third-order valence-corrected chi connectivity index (χ3v) is 4.93. The minimum atomic E-state index is -3.68. The van der Waals surface area contributed by atoms with E-state index in [9.17, 15) is 8.42 Å². The van der Waals surface area contributed by atoms with Crippen molar-refractivity contribution in [2.45, 2.75) is 44.9 Å². The van der Waals surface area contributed by atoms with Crippen molar-refractivity contribution in [3.63, 3.8) is 0 Å². The summed E-state index contributed by atoms with van der Waals surface area (Å²) in [6.07, 6.45) is 1.60. The van der Waals surface area contributed by atoms with Crippen molar-refractivity contribution < 1.29 is 13.2 Å². The number of hydrogen-bond acceptors (Lipinski definition) is 2. The van der Waals surface area contributed by atoms with Gasteiger partial charge < -0.3 is 5.53 Å². The van der Waals surface area contributed by atoms with Crippen LogP contribution in [0.15, 0.2) is 23.1 Å². The first-order valence-electron chi connectivity index (χ1n) is 6.09. The molecule has 0 radical (unpaired) electrons. The van der Waals surface area contributed by atoms with Gasteiger partial charge in [0.1, 0.15) is 0 Å². The van der Waals surface area contributed by atoms with Crippen LogP contribution in [0.4, 0.5) is 0 Å². The summed E-state index contributed by atoms with van der Waals surface area (Å²) < 4.78 is 24.7. The molecule has 1 aromatic carbocycles. The Balaban J connectivity index is 3.56. The van der Waals surface area contributed by atoms with Crippen LogP contribution < -0.4 is 0 Å². The van der Waals surface area contributed by atoms with Crippen LogP contribution >= 0.6 is 0 Å². The molecule has 0 aliphatic carbocycles. The van der Waals surface area contributed by atoms with Crippen molar-refractivity contribution in [3.05, 3.63) is 34.9 Å². The van der Waals surface area contributed by atoms with Gasteiger partial charge in [0.15, 0.2) is 0 Å². The minimum absolute atomic E-state index is 0.179. The van der Waals surface area contributed by atoms with Crippen LogP contribution in [0.3, 0.4) is 0 Å². The van der Waals surface area contributed by atoms with Gasteiger partial charge in [0.2, 0.25) is 0 Å². The van der Waals surface area contributed by atoms with Crippen LogP contribution in [-0.2, 0) is 22.7 Å². The summed E-state index contributed by atoms with van der Waals surface area (Å²) in [6, 6.07) is 5.24. The summed E-state index contributed by atoms with van der Waals surface area (Å²) in [5, 5.41) is -0.189. The van der Waals surface area contributed by atoms with Crippen LogP contribution in [0.25, 0.3) is 5.53 Å². The lowest BCUT2D eigenvalue weighted by Crippen LogP contribution is -2.17. The van der Waals surface area contributed by atoms with Crippen molar-refractivity contribution in [1.82, 2.24) is 0 Å². The highest BCUT2D eigenvalue weighted by molar-refractivity contribution is 8.06. The molecule has 0 aliphatic rings. The quantitative estimate of drug-likeness (QED) is 0.364. The second kappa shape index (κ2) is 5.94. The molecule has 4 nitrogen and oxygen atoms in total. The zero-order chi connectivity index (χ0) is 13.8. The van der Waals surface area contributed by atoms with Gasteiger partial charge in [-0.05, 0) is 30.0 Å². The molecule has 0 amide bonds. The molecule has 0 aliphatic heterocycles. The van der Waals surface area contributed by atoms with Gasteiger partial charge in [0, 0.05) is 0 Å². The van der Waals surface area contributed by atoms with E-state index in [0.717, 1.165) is 17.5 Å². The fourth-order valence-electron chi connectivity index (χ4n) is 2.04. The van der Waals surface area contributed by atoms with Crippen molar-refractivity contribution >= 4 is 14.9 Å². The standard InChI is InChI=1S/C13H18N2O2S/c1-4-10-8-7-9-12(11(10)5-2)18(16,17)13(6-3)15-14/h7-9H,4-6H2,1-3H3. The Morgan fingerprint density at radius 2 is 1.89 bits per heavy atom. The molecule has 0 spiro atoms. The second-order valence-electron chi connectivity index (χ2n) is 3.95. The molecule has 0 aromatic heterocycles. The van der Waals surface area contributed by atoms with Crippen LogP contribution in [0.5, 0.6) is 0 Å². The summed E-state index contributed by atoms with van der Waals surface area (Å²) in [5.74, 6) is 0. The predicted octanol–water partition coefficient (Wildman–Crippen LogP) is 2.62. The molecule has 0 fully saturated rings. The lowest BCUT2D eigenvalue weighted by Gasteiger charge is -2.10. The van der Waals surface area contributed by atoms with Gasteiger partial charge in [0.25, 0.3) is 9.84 Å². The maximum absolute atomic E-state index is 12.4. The molecule has 1 rings (SSSR count). The normalized spacial score (nSPS) is 11.1. The van der Waals surface area contributed by atoms with Crippen LogP contribution in [-0.4, -0.2) is 18.3 Å². The van der Waals surface area contributed by atoms with E-state index < -0.39 is 9.84 Å². The third kappa shape index (κ3) is 2.52. The fourth-order valence-corrected chi connectivity index (χ4v) is 3.64. The van der Waals surface area contributed by atoms with Crippen molar-refractivity contribution in [1.29, 1.82) is 0 Å². The fraction of sp³-hybridized carbons (Fsp3) is 0.462. The lowest BCUT2D eigenvalue weighted by atomic mass is 10.0. The van der Waals surface area contributed by atoms with Crippen molar-refractivity contribution in [2.75, 3.05) is 0 Å². The van der Waals surface area contributed by atoms with E-state index in [-0.39, 0.29) is 16.4 Å². The average molecular weight is 266 g/mol. The molecule has 0 heterocycles. The Kier molecular flexibility index (Phi) is 4.82. The topological polar surface area (TPSA) is 70.5 Å². The van der Waals surface area contributed by atoms with Crippen LogP contribution in [0.1, 0.15) is 38.3 Å². The smallest absolute Gasteiger partial charge is 0.360 e. The summed E-state index contributed by atoms with van der Waals surface area (Å²) in [6.45, 7) is 5.57. The molecule has 1 aromatic rings. The van der Waals surface area contributed by atoms with Gasteiger partial charge in [-0.15, -0.1) is 0 Å². The molecule has 5 heteroatoms. The summed E-state index contributed by atoms with van der Waals surface area (Å²) in [4.78, 5) is 3.18. The monoisotopic (exact) mass is 266 g/mol. The van der Waals surface area contributed by atoms with E-state index in [1.54, 1.807) is 19.1 Å². The first-order chi connectivity index (χ1) is 8.52. The first-order valence-corrected chi connectivity index (χ1v) is 7.57. The molecule has 0 atom stereocenters. The molecule has 0 saturated carbocycles. The van der Waals surface area contributed by atoms with Crippen molar-refractivity contribution in [2.24, 2.45) is 0 Å². The average Bonchev–Trinajstić information content (AvgIpc) is 2.38. The second-order valence-corrected chi connectivity index (χ2v) is 5.87.